The minimum atomic E-state index is -2.66. The predicted octanol–water partition coefficient (Wildman–Crippen LogP) is 5.58. The molecule has 8 nitrogen and oxygen atoms in total. The maximum Gasteiger partial charge on any atom is 0.248 e. The number of rotatable bonds is 10. The van der Waals surface area contributed by atoms with E-state index >= 15 is 0 Å². The largest absolute Gasteiger partial charge is 0.348 e. The second kappa shape index (κ2) is 11.6. The zero-order chi connectivity index (χ0) is 27.7. The van der Waals surface area contributed by atoms with Crippen LogP contribution in [0.3, 0.4) is 0 Å². The van der Waals surface area contributed by atoms with Gasteiger partial charge in [-0.15, -0.1) is 21.5 Å². The van der Waals surface area contributed by atoms with Crippen molar-refractivity contribution in [3.8, 4) is 0 Å². The van der Waals surface area contributed by atoms with Crippen molar-refractivity contribution in [3.05, 3.63) is 28.7 Å². The number of carbonyl (C=O) groups is 2. The molecule has 2 saturated heterocycles. The Morgan fingerprint density at radius 2 is 1.82 bits per heavy atom. The van der Waals surface area contributed by atoms with E-state index in [1.807, 2.05) is 19.1 Å². The molecule has 4 atom stereocenters. The summed E-state index contributed by atoms with van der Waals surface area (Å²) in [5.41, 5.74) is 0. The molecule has 0 radical (unpaired) electrons. The van der Waals surface area contributed by atoms with Gasteiger partial charge < -0.3 is 15.2 Å². The van der Waals surface area contributed by atoms with Crippen LogP contribution in [-0.2, 0) is 9.59 Å². The van der Waals surface area contributed by atoms with E-state index in [4.69, 9.17) is 0 Å². The average Bonchev–Trinajstić information content (AvgIpc) is 3.57. The topological polar surface area (TPSA) is 92.2 Å². The number of aromatic nitrogens is 3. The molecule has 3 aliphatic rings. The van der Waals surface area contributed by atoms with Gasteiger partial charge in [-0.3, -0.25) is 14.5 Å². The molecule has 2 aliphatic heterocycles. The van der Waals surface area contributed by atoms with Crippen molar-refractivity contribution in [1.82, 2.24) is 25.0 Å². The number of nitrogens with one attached hydrogen (secondary N) is 2. The van der Waals surface area contributed by atoms with Crippen molar-refractivity contribution >= 4 is 28.7 Å². The van der Waals surface area contributed by atoms with E-state index in [1.165, 1.54) is 24.2 Å². The fourth-order valence-corrected chi connectivity index (χ4v) is 7.84. The second-order valence-corrected chi connectivity index (χ2v) is 12.9. The second-order valence-electron chi connectivity index (χ2n) is 11.8. The van der Waals surface area contributed by atoms with Crippen LogP contribution >= 0.6 is 11.3 Å². The Morgan fingerprint density at radius 3 is 2.46 bits per heavy atom. The molecule has 3 fully saturated rings. The standard InChI is InChI=1S/C28H40F2N6O2S/c1-17(2)26-34-33-18(3)36(26)22-14-20-4-5-21(15-22)35(20)13-10-23(24-6-7-25(39-24)31-16-37)32-27(38)19-8-11-28(29,30)12-9-19/h6-7,16-17,19-23H,4-5,8-15H2,1-3H3,(H,31,37)(H,32,38)/t20-,21+,22-,23-/m0/s1. The van der Waals surface area contributed by atoms with Gasteiger partial charge in [0.2, 0.25) is 18.2 Å². The fourth-order valence-electron chi connectivity index (χ4n) is 6.88. The molecule has 2 aromatic heterocycles. The van der Waals surface area contributed by atoms with E-state index < -0.39 is 5.92 Å². The SMILES string of the molecule is Cc1nnc(C(C)C)n1[C@@H]1C[C@H]2CC[C@@H](C1)N2CC[C@H](NC(=O)C1CCC(F)(F)CC1)c1ccc(NC=O)s1. The molecular formula is C28H40F2N6O2S. The van der Waals surface area contributed by atoms with E-state index in [2.05, 4.69) is 44.1 Å². The van der Waals surface area contributed by atoms with Gasteiger partial charge in [0.15, 0.2) is 0 Å². The molecule has 2 aromatic rings. The Kier molecular flexibility index (Phi) is 8.37. The van der Waals surface area contributed by atoms with E-state index in [0.717, 1.165) is 47.3 Å². The summed E-state index contributed by atoms with van der Waals surface area (Å²) in [6.07, 6.45) is 5.81. The number of aryl methyl sites for hydroxylation is 1. The van der Waals surface area contributed by atoms with E-state index in [9.17, 15) is 18.4 Å². The first kappa shape index (κ1) is 28.1. The number of hydrogen-bond donors (Lipinski definition) is 2. The van der Waals surface area contributed by atoms with Crippen molar-refractivity contribution in [2.45, 2.75) is 115 Å². The van der Waals surface area contributed by atoms with E-state index in [-0.39, 0.29) is 43.6 Å². The highest BCUT2D eigenvalue weighted by atomic mass is 32.1. The van der Waals surface area contributed by atoms with Crippen LogP contribution in [0.1, 0.15) is 106 Å². The molecule has 0 spiro atoms. The van der Waals surface area contributed by atoms with Gasteiger partial charge in [-0.05, 0) is 64.0 Å². The van der Waals surface area contributed by atoms with Gasteiger partial charge in [0.1, 0.15) is 11.6 Å². The quantitative estimate of drug-likeness (QED) is 0.369. The zero-order valence-electron chi connectivity index (χ0n) is 23.0. The number of thiophene rings is 1. The highest BCUT2D eigenvalue weighted by Crippen LogP contribution is 2.43. The maximum atomic E-state index is 13.7. The normalized spacial score (nSPS) is 26.1. The number of alkyl halides is 2. The number of fused-ring (bicyclic) bond motifs is 2. The molecule has 1 aliphatic carbocycles. The smallest absolute Gasteiger partial charge is 0.248 e. The Morgan fingerprint density at radius 1 is 1.13 bits per heavy atom. The first-order chi connectivity index (χ1) is 18.6. The molecule has 5 rings (SSSR count). The lowest BCUT2D eigenvalue weighted by atomic mass is 9.86. The molecular weight excluding hydrogens is 522 g/mol. The van der Waals surface area contributed by atoms with Crippen molar-refractivity contribution in [3.63, 3.8) is 0 Å². The number of halogens is 2. The van der Waals surface area contributed by atoms with Crippen molar-refractivity contribution in [2.75, 3.05) is 11.9 Å². The zero-order valence-corrected chi connectivity index (χ0v) is 23.9. The Hall–Kier alpha value is -2.40. The fraction of sp³-hybridized carbons (Fsp3) is 0.714. The lowest BCUT2D eigenvalue weighted by Gasteiger charge is -2.40. The molecule has 0 aromatic carbocycles. The summed E-state index contributed by atoms with van der Waals surface area (Å²) < 4.78 is 29.7. The lowest BCUT2D eigenvalue weighted by molar-refractivity contribution is -0.130. The van der Waals surface area contributed by atoms with Gasteiger partial charge in [-0.25, -0.2) is 8.78 Å². The summed E-state index contributed by atoms with van der Waals surface area (Å²) in [4.78, 5) is 27.7. The van der Waals surface area contributed by atoms with Crippen LogP contribution in [0.2, 0.25) is 0 Å². The average molecular weight is 563 g/mol. The van der Waals surface area contributed by atoms with Crippen molar-refractivity contribution in [2.24, 2.45) is 5.92 Å². The predicted molar refractivity (Wildman–Crippen MR) is 147 cm³/mol. The summed E-state index contributed by atoms with van der Waals surface area (Å²) in [7, 11) is 0. The van der Waals surface area contributed by atoms with Crippen LogP contribution in [0.25, 0.3) is 0 Å². The van der Waals surface area contributed by atoms with Gasteiger partial charge in [0.05, 0.1) is 11.0 Å². The maximum absolute atomic E-state index is 13.7. The Bertz CT molecular complexity index is 1140. The number of hydrogen-bond acceptors (Lipinski definition) is 6. The Balaban J connectivity index is 1.26. The molecule has 2 N–H and O–H groups in total. The minimum absolute atomic E-state index is 0.139. The van der Waals surface area contributed by atoms with Crippen LogP contribution < -0.4 is 10.6 Å². The number of carbonyl (C=O) groups excluding carboxylic acids is 2. The molecule has 39 heavy (non-hydrogen) atoms. The van der Waals surface area contributed by atoms with Crippen molar-refractivity contribution in [1.29, 1.82) is 0 Å². The highest BCUT2D eigenvalue weighted by Gasteiger charge is 2.43. The molecule has 214 valence electrons. The van der Waals surface area contributed by atoms with E-state index in [0.29, 0.717) is 30.5 Å². The van der Waals surface area contributed by atoms with Crippen LogP contribution in [0, 0.1) is 12.8 Å². The van der Waals surface area contributed by atoms with Crippen LogP contribution in [0.4, 0.5) is 13.8 Å². The minimum Gasteiger partial charge on any atom is -0.348 e. The third-order valence-electron chi connectivity index (χ3n) is 8.89. The first-order valence-electron chi connectivity index (χ1n) is 14.3. The van der Waals surface area contributed by atoms with Gasteiger partial charge in [-0.1, -0.05) is 13.8 Å². The summed E-state index contributed by atoms with van der Waals surface area (Å²) >= 11 is 1.45. The number of nitrogens with zero attached hydrogens (tertiary/aromatic N) is 4. The summed E-state index contributed by atoms with van der Waals surface area (Å²) in [6, 6.07) is 4.92. The number of anilines is 1. The van der Waals surface area contributed by atoms with E-state index in [1.54, 1.807) is 0 Å². The van der Waals surface area contributed by atoms with Crippen LogP contribution in [0.15, 0.2) is 12.1 Å². The summed E-state index contributed by atoms with van der Waals surface area (Å²) in [6.45, 7) is 7.22. The van der Waals surface area contributed by atoms with Gasteiger partial charge >= 0.3 is 0 Å². The molecule has 0 unspecified atom stereocenters. The third kappa shape index (κ3) is 6.19. The summed E-state index contributed by atoms with van der Waals surface area (Å²) in [5, 5.41) is 15.4. The molecule has 2 amide bonds. The van der Waals surface area contributed by atoms with Crippen LogP contribution in [0.5, 0.6) is 0 Å². The first-order valence-corrected chi connectivity index (χ1v) is 15.1. The molecule has 1 saturated carbocycles. The highest BCUT2D eigenvalue weighted by molar-refractivity contribution is 7.16. The Labute approximate surface area is 232 Å². The third-order valence-corrected chi connectivity index (χ3v) is 10.0. The van der Waals surface area contributed by atoms with Gasteiger partial charge in [0.25, 0.3) is 0 Å². The number of piperidine rings is 1. The van der Waals surface area contributed by atoms with Crippen LogP contribution in [-0.4, -0.2) is 56.5 Å². The summed E-state index contributed by atoms with van der Waals surface area (Å²) in [5.74, 6) is -0.811. The number of amides is 2. The molecule has 2 bridgehead atoms. The van der Waals surface area contributed by atoms with Gasteiger partial charge in [-0.2, -0.15) is 0 Å². The molecule has 4 heterocycles. The monoisotopic (exact) mass is 562 g/mol. The van der Waals surface area contributed by atoms with Crippen molar-refractivity contribution < 1.29 is 18.4 Å². The molecule has 11 heteroatoms. The lowest BCUT2D eigenvalue weighted by Crippen LogP contribution is -2.45. The van der Waals surface area contributed by atoms with Gasteiger partial charge in [0, 0.05) is 54.2 Å².